The van der Waals surface area contributed by atoms with Crippen LogP contribution < -0.4 is 16.4 Å². The van der Waals surface area contributed by atoms with Gasteiger partial charge in [0.2, 0.25) is 11.8 Å². The number of rotatable bonds is 5. The van der Waals surface area contributed by atoms with Gasteiger partial charge >= 0.3 is 0 Å². The summed E-state index contributed by atoms with van der Waals surface area (Å²) >= 11 is 0. The maximum absolute atomic E-state index is 11.8. The molecule has 1 aliphatic rings. The van der Waals surface area contributed by atoms with Gasteiger partial charge in [-0.15, -0.1) is 12.4 Å². The molecule has 0 spiro atoms. The van der Waals surface area contributed by atoms with E-state index in [1.165, 1.54) is 0 Å². The molecule has 0 aromatic rings. The summed E-state index contributed by atoms with van der Waals surface area (Å²) < 4.78 is 0. The Kier molecular flexibility index (Phi) is 7.37. The Bertz CT molecular complexity index is 310. The third kappa shape index (κ3) is 6.25. The second kappa shape index (κ2) is 7.70. The molecule has 0 saturated carbocycles. The van der Waals surface area contributed by atoms with Crippen LogP contribution in [-0.2, 0) is 9.59 Å². The summed E-state index contributed by atoms with van der Waals surface area (Å²) in [6.45, 7) is 7.71. The van der Waals surface area contributed by atoms with Crippen LogP contribution in [0.1, 0.15) is 40.0 Å². The summed E-state index contributed by atoms with van der Waals surface area (Å²) in [5.41, 5.74) is 4.97. The van der Waals surface area contributed by atoms with Crippen LogP contribution in [0.4, 0.5) is 0 Å². The third-order valence-electron chi connectivity index (χ3n) is 3.40. The van der Waals surface area contributed by atoms with Gasteiger partial charge in [0.1, 0.15) is 6.04 Å². The minimum absolute atomic E-state index is 0. The fraction of sp³-hybridized carbons (Fsp3) is 0.846. The fourth-order valence-electron chi connectivity index (χ4n) is 2.24. The molecule has 2 unspecified atom stereocenters. The van der Waals surface area contributed by atoms with Crippen molar-refractivity contribution in [2.45, 2.75) is 46.1 Å². The van der Waals surface area contributed by atoms with Crippen molar-refractivity contribution in [1.29, 1.82) is 0 Å². The quantitative estimate of drug-likeness (QED) is 0.701. The molecule has 1 rings (SSSR count). The zero-order valence-corrected chi connectivity index (χ0v) is 12.8. The average Bonchev–Trinajstić information content (AvgIpc) is 2.73. The zero-order chi connectivity index (χ0) is 13.8. The van der Waals surface area contributed by atoms with Gasteiger partial charge in [-0.3, -0.25) is 9.59 Å². The Morgan fingerprint density at radius 2 is 2.05 bits per heavy atom. The highest BCUT2D eigenvalue weighted by Gasteiger charge is 2.31. The van der Waals surface area contributed by atoms with E-state index in [9.17, 15) is 9.59 Å². The van der Waals surface area contributed by atoms with Gasteiger partial charge < -0.3 is 16.4 Å². The number of primary amides is 1. The zero-order valence-electron chi connectivity index (χ0n) is 12.0. The molecular weight excluding hydrogens is 266 g/mol. The molecule has 0 aromatic heterocycles. The minimum atomic E-state index is -0.605. The lowest BCUT2D eigenvalue weighted by atomic mass is 9.86. The van der Waals surface area contributed by atoms with Crippen LogP contribution in [0.3, 0.4) is 0 Å². The monoisotopic (exact) mass is 291 g/mol. The van der Waals surface area contributed by atoms with Crippen LogP contribution in [-0.4, -0.2) is 30.9 Å². The van der Waals surface area contributed by atoms with Crippen LogP contribution in [0.15, 0.2) is 0 Å². The summed E-state index contributed by atoms with van der Waals surface area (Å²) in [4.78, 5) is 23.2. The van der Waals surface area contributed by atoms with Gasteiger partial charge in [-0.05, 0) is 37.3 Å². The number of hydrogen-bond donors (Lipinski definition) is 3. The maximum Gasteiger partial charge on any atom is 0.240 e. The molecule has 0 bridgehead atoms. The van der Waals surface area contributed by atoms with E-state index in [1.807, 2.05) is 20.8 Å². The molecule has 112 valence electrons. The Morgan fingerprint density at radius 3 is 2.47 bits per heavy atom. The summed E-state index contributed by atoms with van der Waals surface area (Å²) in [6.07, 6.45) is 2.46. The average molecular weight is 292 g/mol. The first-order valence-electron chi connectivity index (χ1n) is 6.60. The van der Waals surface area contributed by atoms with E-state index in [2.05, 4.69) is 10.6 Å². The van der Waals surface area contributed by atoms with Crippen molar-refractivity contribution in [2.75, 3.05) is 13.1 Å². The molecule has 5 nitrogen and oxygen atoms in total. The van der Waals surface area contributed by atoms with Crippen LogP contribution in [0.2, 0.25) is 0 Å². The van der Waals surface area contributed by atoms with Crippen molar-refractivity contribution in [3.63, 3.8) is 0 Å². The third-order valence-corrected chi connectivity index (χ3v) is 3.40. The lowest BCUT2D eigenvalue weighted by Gasteiger charge is -2.28. The minimum Gasteiger partial charge on any atom is -0.368 e. The fourth-order valence-corrected chi connectivity index (χ4v) is 2.24. The van der Waals surface area contributed by atoms with E-state index < -0.39 is 11.9 Å². The van der Waals surface area contributed by atoms with Gasteiger partial charge in [0.15, 0.2) is 0 Å². The Labute approximate surface area is 121 Å². The normalized spacial score (nSPS) is 20.5. The first-order chi connectivity index (χ1) is 8.30. The van der Waals surface area contributed by atoms with Gasteiger partial charge in [-0.1, -0.05) is 20.8 Å². The number of carbonyl (C=O) groups is 2. The lowest BCUT2D eigenvalue weighted by molar-refractivity contribution is -0.129. The molecule has 2 amide bonds. The summed E-state index contributed by atoms with van der Waals surface area (Å²) in [5, 5.41) is 6.02. The molecule has 1 fully saturated rings. The number of halogens is 1. The molecule has 2 atom stereocenters. The first kappa shape index (κ1) is 18.2. The molecule has 1 heterocycles. The van der Waals surface area contributed by atoms with E-state index >= 15 is 0 Å². The van der Waals surface area contributed by atoms with Crippen molar-refractivity contribution in [3.05, 3.63) is 0 Å². The molecule has 1 saturated heterocycles. The Hall–Kier alpha value is -0.810. The first-order valence-corrected chi connectivity index (χ1v) is 6.60. The van der Waals surface area contributed by atoms with E-state index in [-0.39, 0.29) is 23.7 Å². The van der Waals surface area contributed by atoms with Crippen molar-refractivity contribution in [3.8, 4) is 0 Å². The van der Waals surface area contributed by atoms with Gasteiger partial charge in [0.05, 0.1) is 0 Å². The highest BCUT2D eigenvalue weighted by Crippen LogP contribution is 2.20. The molecule has 1 aliphatic heterocycles. The van der Waals surface area contributed by atoms with E-state index in [0.29, 0.717) is 12.3 Å². The standard InChI is InChI=1S/C13H25N3O2.ClH/c1-13(2,3)11(12(14)18)16-10(17)5-4-9-6-7-15-8-9;/h9,11,15H,4-8H2,1-3H3,(H2,14,18)(H,16,17);1H. The maximum atomic E-state index is 11.8. The largest absolute Gasteiger partial charge is 0.368 e. The highest BCUT2D eigenvalue weighted by atomic mass is 35.5. The number of nitrogens with one attached hydrogen (secondary N) is 2. The number of nitrogens with two attached hydrogens (primary N) is 1. The van der Waals surface area contributed by atoms with Crippen molar-refractivity contribution < 1.29 is 9.59 Å². The predicted octanol–water partition coefficient (Wildman–Crippen LogP) is 0.814. The summed E-state index contributed by atoms with van der Waals surface area (Å²) in [7, 11) is 0. The smallest absolute Gasteiger partial charge is 0.240 e. The predicted molar refractivity (Wildman–Crippen MR) is 78.0 cm³/mol. The Morgan fingerprint density at radius 1 is 1.42 bits per heavy atom. The molecule has 0 aliphatic carbocycles. The van der Waals surface area contributed by atoms with Gasteiger partial charge in [-0.25, -0.2) is 0 Å². The second-order valence-electron chi connectivity index (χ2n) is 6.17. The van der Waals surface area contributed by atoms with Crippen molar-refractivity contribution in [2.24, 2.45) is 17.1 Å². The van der Waals surface area contributed by atoms with E-state index in [4.69, 9.17) is 5.73 Å². The van der Waals surface area contributed by atoms with Crippen molar-refractivity contribution >= 4 is 24.2 Å². The van der Waals surface area contributed by atoms with Crippen LogP contribution in [0, 0.1) is 11.3 Å². The molecular formula is C13H26ClN3O2. The van der Waals surface area contributed by atoms with Gasteiger partial charge in [0, 0.05) is 6.42 Å². The molecule has 6 heteroatoms. The lowest BCUT2D eigenvalue weighted by Crippen LogP contribution is -2.52. The number of carbonyl (C=O) groups excluding carboxylic acids is 2. The Balaban J connectivity index is 0.00000324. The molecule has 4 N–H and O–H groups in total. The number of amides is 2. The van der Waals surface area contributed by atoms with Crippen LogP contribution in [0.25, 0.3) is 0 Å². The summed E-state index contributed by atoms with van der Waals surface area (Å²) in [6, 6.07) is -0.605. The molecule has 0 aromatic carbocycles. The topological polar surface area (TPSA) is 84.2 Å². The highest BCUT2D eigenvalue weighted by molar-refractivity contribution is 5.87. The van der Waals surface area contributed by atoms with Crippen molar-refractivity contribution in [1.82, 2.24) is 10.6 Å². The number of hydrogen-bond acceptors (Lipinski definition) is 3. The van der Waals surface area contributed by atoms with Crippen LogP contribution >= 0.6 is 12.4 Å². The molecule has 0 radical (unpaired) electrons. The SMILES string of the molecule is CC(C)(C)C(NC(=O)CCC1CCNC1)C(N)=O.Cl. The summed E-state index contributed by atoms with van der Waals surface area (Å²) in [5.74, 6) is 0.0245. The van der Waals surface area contributed by atoms with Gasteiger partial charge in [0.25, 0.3) is 0 Å². The van der Waals surface area contributed by atoms with E-state index in [0.717, 1.165) is 25.9 Å². The second-order valence-corrected chi connectivity index (χ2v) is 6.17. The molecule has 19 heavy (non-hydrogen) atoms. The van der Waals surface area contributed by atoms with E-state index in [1.54, 1.807) is 0 Å². The van der Waals surface area contributed by atoms with Crippen LogP contribution in [0.5, 0.6) is 0 Å². The van der Waals surface area contributed by atoms with Gasteiger partial charge in [-0.2, -0.15) is 0 Å².